The van der Waals surface area contributed by atoms with Crippen molar-refractivity contribution in [1.82, 2.24) is 15.0 Å². The number of rotatable bonds is 5. The normalized spacial score (nSPS) is 25.0. The van der Waals surface area contributed by atoms with Crippen molar-refractivity contribution in [2.24, 2.45) is 29.4 Å². The first-order valence-corrected chi connectivity index (χ1v) is 9.90. The summed E-state index contributed by atoms with van der Waals surface area (Å²) in [5, 5.41) is 3.83. The van der Waals surface area contributed by atoms with Crippen LogP contribution in [0, 0.1) is 29.5 Å². The number of hydrogen-bond acceptors (Lipinski definition) is 4. The maximum Gasteiger partial charge on any atom is 0.221 e. The molecule has 3 aromatic rings. The highest BCUT2D eigenvalue weighted by molar-refractivity contribution is 6.34. The number of hydrogen-bond donors (Lipinski definition) is 3. The number of carbonyl (C=O) groups excluding carboxylic acids is 1. The lowest BCUT2D eigenvalue weighted by Gasteiger charge is -2.26. The first kappa shape index (κ1) is 18.1. The van der Waals surface area contributed by atoms with Gasteiger partial charge < -0.3 is 16.0 Å². The molecule has 0 spiro atoms. The van der Waals surface area contributed by atoms with E-state index in [-0.39, 0.29) is 29.5 Å². The number of nitrogens with zero attached hydrogens (tertiary/aromatic N) is 2. The molecule has 4 N–H and O–H groups in total. The van der Waals surface area contributed by atoms with Gasteiger partial charge in [0.15, 0.2) is 5.65 Å². The van der Waals surface area contributed by atoms with E-state index in [9.17, 15) is 9.18 Å². The maximum absolute atomic E-state index is 13.6. The molecule has 2 aromatic heterocycles. The van der Waals surface area contributed by atoms with Gasteiger partial charge in [-0.1, -0.05) is 35.9 Å². The highest BCUT2D eigenvalue weighted by Crippen LogP contribution is 2.48. The number of pyridine rings is 1. The predicted molar refractivity (Wildman–Crippen MR) is 110 cm³/mol. The van der Waals surface area contributed by atoms with E-state index in [1.165, 1.54) is 18.3 Å². The number of anilines is 1. The second-order valence-corrected chi connectivity index (χ2v) is 8.10. The lowest BCUT2D eigenvalue weighted by Crippen LogP contribution is -2.36. The molecule has 2 heterocycles. The molecule has 1 amide bonds. The van der Waals surface area contributed by atoms with Crippen molar-refractivity contribution in [2.75, 3.05) is 11.9 Å². The molecule has 2 aliphatic carbocycles. The number of benzene rings is 1. The van der Waals surface area contributed by atoms with E-state index in [2.05, 4.69) is 32.4 Å². The monoisotopic (exact) mass is 411 g/mol. The van der Waals surface area contributed by atoms with E-state index in [1.807, 2.05) is 0 Å². The molecule has 0 aliphatic heterocycles. The summed E-state index contributed by atoms with van der Waals surface area (Å²) in [6, 6.07) is 6.19. The van der Waals surface area contributed by atoms with Crippen LogP contribution in [0.5, 0.6) is 0 Å². The van der Waals surface area contributed by atoms with Crippen molar-refractivity contribution >= 4 is 34.4 Å². The fourth-order valence-electron chi connectivity index (χ4n) is 4.72. The Morgan fingerprint density at radius 3 is 2.97 bits per heavy atom. The van der Waals surface area contributed by atoms with Crippen LogP contribution in [0.2, 0.25) is 5.02 Å². The van der Waals surface area contributed by atoms with Gasteiger partial charge in [0, 0.05) is 18.0 Å². The molecule has 1 fully saturated rings. The number of amides is 1. The minimum Gasteiger partial charge on any atom is -0.382 e. The molecule has 4 atom stereocenters. The van der Waals surface area contributed by atoms with Crippen LogP contribution in [0.1, 0.15) is 6.42 Å². The largest absolute Gasteiger partial charge is 0.382 e. The van der Waals surface area contributed by atoms with Gasteiger partial charge in [0.05, 0.1) is 16.9 Å². The van der Waals surface area contributed by atoms with Gasteiger partial charge in [0.2, 0.25) is 5.91 Å². The highest BCUT2D eigenvalue weighted by Gasteiger charge is 2.47. The highest BCUT2D eigenvalue weighted by atomic mass is 35.5. The number of carbonyl (C=O) groups is 1. The zero-order valence-electron chi connectivity index (χ0n) is 15.4. The Labute approximate surface area is 171 Å². The summed E-state index contributed by atoms with van der Waals surface area (Å²) in [5.41, 5.74) is 8.08. The lowest BCUT2D eigenvalue weighted by atomic mass is 9.82. The average Bonchev–Trinajstić information content (AvgIpc) is 3.41. The third-order valence-electron chi connectivity index (χ3n) is 6.04. The van der Waals surface area contributed by atoms with Crippen molar-refractivity contribution in [3.05, 3.63) is 53.5 Å². The standard InChI is InChI=1S/C21H19ClFN5O/c22-15-9-26-21-18(27-20(28-21)12-2-1-3-13(23)7-12)17(15)25-8-14-10-4-5-11(6-10)16(14)19(24)29/h1-5,7,9-11,14,16H,6,8H2,(H2,24,29)(H2,25,26,27,28)/t10-,11+,14+,16-/m0/s1. The van der Waals surface area contributed by atoms with Gasteiger partial charge in [-0.15, -0.1) is 0 Å². The molecule has 0 radical (unpaired) electrons. The predicted octanol–water partition coefficient (Wildman–Crippen LogP) is 3.75. The zero-order valence-corrected chi connectivity index (χ0v) is 16.2. The third-order valence-corrected chi connectivity index (χ3v) is 6.32. The number of allylic oxidation sites excluding steroid dienone is 2. The van der Waals surface area contributed by atoms with E-state index in [0.717, 1.165) is 6.42 Å². The number of aromatic amines is 1. The number of aromatic nitrogens is 3. The molecule has 2 aliphatic rings. The molecule has 6 nitrogen and oxygen atoms in total. The van der Waals surface area contributed by atoms with Gasteiger partial charge in [-0.3, -0.25) is 4.79 Å². The summed E-state index contributed by atoms with van der Waals surface area (Å²) < 4.78 is 13.6. The van der Waals surface area contributed by atoms with E-state index in [4.69, 9.17) is 17.3 Å². The Morgan fingerprint density at radius 2 is 2.17 bits per heavy atom. The molecule has 0 saturated heterocycles. The summed E-state index contributed by atoms with van der Waals surface area (Å²) in [5.74, 6) is 0.430. The Morgan fingerprint density at radius 1 is 1.34 bits per heavy atom. The number of imidazole rings is 1. The molecule has 8 heteroatoms. The Bertz CT molecular complexity index is 1140. The van der Waals surface area contributed by atoms with Crippen LogP contribution in [0.3, 0.4) is 0 Å². The van der Waals surface area contributed by atoms with Crippen LogP contribution in [-0.4, -0.2) is 27.4 Å². The molecule has 2 bridgehead atoms. The van der Waals surface area contributed by atoms with E-state index < -0.39 is 0 Å². The molecule has 1 saturated carbocycles. The second kappa shape index (κ2) is 6.84. The SMILES string of the molecule is NC(=O)[C@@H]1[C@H](CNc2c(Cl)cnc3nc(-c4cccc(F)c4)[nH]c23)[C@H]2C=C[C@@H]1C2. The van der Waals surface area contributed by atoms with Gasteiger partial charge in [-0.25, -0.2) is 14.4 Å². The first-order chi connectivity index (χ1) is 14.0. The molecule has 0 unspecified atom stereocenters. The lowest BCUT2D eigenvalue weighted by molar-refractivity contribution is -0.123. The van der Waals surface area contributed by atoms with Crippen molar-refractivity contribution < 1.29 is 9.18 Å². The number of H-pyrrole nitrogens is 1. The summed E-state index contributed by atoms with van der Waals surface area (Å²) >= 11 is 6.41. The number of halogens is 2. The molecule has 29 heavy (non-hydrogen) atoms. The van der Waals surface area contributed by atoms with Crippen molar-refractivity contribution in [3.8, 4) is 11.4 Å². The fourth-order valence-corrected chi connectivity index (χ4v) is 4.93. The summed E-state index contributed by atoms with van der Waals surface area (Å²) in [7, 11) is 0. The Kier molecular flexibility index (Phi) is 4.28. The number of nitrogens with one attached hydrogen (secondary N) is 2. The minimum atomic E-state index is -0.339. The minimum absolute atomic E-state index is 0.118. The van der Waals surface area contributed by atoms with Gasteiger partial charge in [0.25, 0.3) is 0 Å². The van der Waals surface area contributed by atoms with Crippen LogP contribution in [0.25, 0.3) is 22.6 Å². The molecular weight excluding hydrogens is 393 g/mol. The Hall–Kier alpha value is -2.93. The molecule has 148 valence electrons. The van der Waals surface area contributed by atoms with Crippen LogP contribution in [-0.2, 0) is 4.79 Å². The molecular formula is C21H19ClFN5O. The van der Waals surface area contributed by atoms with Gasteiger partial charge >= 0.3 is 0 Å². The maximum atomic E-state index is 13.6. The van der Waals surface area contributed by atoms with Crippen molar-refractivity contribution in [1.29, 1.82) is 0 Å². The summed E-state index contributed by atoms with van der Waals surface area (Å²) in [6.45, 7) is 0.562. The topological polar surface area (TPSA) is 96.7 Å². The second-order valence-electron chi connectivity index (χ2n) is 7.70. The van der Waals surface area contributed by atoms with Gasteiger partial charge in [-0.2, -0.15) is 0 Å². The quantitative estimate of drug-likeness (QED) is 0.557. The summed E-state index contributed by atoms with van der Waals surface area (Å²) in [4.78, 5) is 23.9. The Balaban J connectivity index is 1.46. The average molecular weight is 412 g/mol. The van der Waals surface area contributed by atoms with Crippen LogP contribution < -0.4 is 11.1 Å². The van der Waals surface area contributed by atoms with E-state index >= 15 is 0 Å². The van der Waals surface area contributed by atoms with Gasteiger partial charge in [0.1, 0.15) is 17.2 Å². The van der Waals surface area contributed by atoms with Crippen LogP contribution in [0.4, 0.5) is 10.1 Å². The number of fused-ring (bicyclic) bond motifs is 3. The number of nitrogens with two attached hydrogens (primary N) is 1. The zero-order chi connectivity index (χ0) is 20.1. The van der Waals surface area contributed by atoms with Crippen LogP contribution >= 0.6 is 11.6 Å². The van der Waals surface area contributed by atoms with Gasteiger partial charge in [-0.05, 0) is 36.3 Å². The van der Waals surface area contributed by atoms with Crippen molar-refractivity contribution in [2.45, 2.75) is 6.42 Å². The van der Waals surface area contributed by atoms with Crippen molar-refractivity contribution in [3.63, 3.8) is 0 Å². The first-order valence-electron chi connectivity index (χ1n) is 9.53. The molecule has 1 aromatic carbocycles. The van der Waals surface area contributed by atoms with E-state index in [0.29, 0.717) is 45.7 Å². The summed E-state index contributed by atoms with van der Waals surface area (Å²) in [6.07, 6.45) is 6.79. The molecule has 5 rings (SSSR count). The number of primary amides is 1. The van der Waals surface area contributed by atoms with Crippen LogP contribution in [0.15, 0.2) is 42.6 Å². The van der Waals surface area contributed by atoms with E-state index in [1.54, 1.807) is 12.1 Å². The third kappa shape index (κ3) is 3.06. The fraction of sp³-hybridized carbons (Fsp3) is 0.286. The smallest absolute Gasteiger partial charge is 0.221 e.